The van der Waals surface area contributed by atoms with Crippen LogP contribution in [0.5, 0.6) is 0 Å². The molecule has 3 nitrogen and oxygen atoms in total. The Balaban J connectivity index is 4.27. The Labute approximate surface area is 72.6 Å². The molecule has 0 saturated heterocycles. The molecule has 0 radical (unpaired) electrons. The van der Waals surface area contributed by atoms with E-state index in [0.29, 0.717) is 0 Å². The van der Waals surface area contributed by atoms with Crippen molar-refractivity contribution in [1.29, 1.82) is 10.5 Å². The molecule has 12 heavy (non-hydrogen) atoms. The van der Waals surface area contributed by atoms with Gasteiger partial charge in [-0.3, -0.25) is 4.79 Å². The van der Waals surface area contributed by atoms with E-state index in [1.807, 2.05) is 20.8 Å². The summed E-state index contributed by atoms with van der Waals surface area (Å²) in [5.41, 5.74) is -0.150. The lowest BCUT2D eigenvalue weighted by molar-refractivity contribution is -0.121. The van der Waals surface area contributed by atoms with E-state index in [2.05, 4.69) is 0 Å². The van der Waals surface area contributed by atoms with E-state index in [1.54, 1.807) is 12.1 Å². The topological polar surface area (TPSA) is 64.7 Å². The fourth-order valence-corrected chi connectivity index (χ4v) is 0.798. The summed E-state index contributed by atoms with van der Waals surface area (Å²) < 4.78 is 0. The number of rotatable bonds is 2. The van der Waals surface area contributed by atoms with Crippen molar-refractivity contribution in [2.24, 2.45) is 11.3 Å². The smallest absolute Gasteiger partial charge is 0.191 e. The lowest BCUT2D eigenvalue weighted by atomic mass is 9.86. The van der Waals surface area contributed by atoms with Gasteiger partial charge < -0.3 is 0 Å². The summed E-state index contributed by atoms with van der Waals surface area (Å²) in [6.45, 7) is 5.70. The van der Waals surface area contributed by atoms with Crippen LogP contribution in [-0.2, 0) is 4.79 Å². The largest absolute Gasteiger partial charge is 0.297 e. The second kappa shape index (κ2) is 3.88. The van der Waals surface area contributed by atoms with Gasteiger partial charge in [-0.2, -0.15) is 10.5 Å². The van der Waals surface area contributed by atoms with E-state index in [1.165, 1.54) is 0 Å². The standard InChI is InChI=1S/C9H12N2O/c1-9(2,3)4-8(12)7(5-10)6-11/h7H,4H2,1-3H3. The molecule has 0 atom stereocenters. The van der Waals surface area contributed by atoms with Gasteiger partial charge in [0.25, 0.3) is 0 Å². The van der Waals surface area contributed by atoms with Gasteiger partial charge in [0, 0.05) is 6.42 Å². The quantitative estimate of drug-likeness (QED) is 0.623. The van der Waals surface area contributed by atoms with Gasteiger partial charge in [-0.05, 0) is 5.41 Å². The van der Waals surface area contributed by atoms with Crippen LogP contribution in [0.1, 0.15) is 27.2 Å². The van der Waals surface area contributed by atoms with E-state index in [0.717, 1.165) is 0 Å². The number of ketones is 1. The van der Waals surface area contributed by atoms with Gasteiger partial charge in [-0.25, -0.2) is 0 Å². The average molecular weight is 164 g/mol. The molecule has 3 heteroatoms. The summed E-state index contributed by atoms with van der Waals surface area (Å²) in [5, 5.41) is 16.8. The van der Waals surface area contributed by atoms with Crippen molar-refractivity contribution in [3.8, 4) is 12.1 Å². The van der Waals surface area contributed by atoms with Gasteiger partial charge in [0.05, 0.1) is 12.1 Å². The van der Waals surface area contributed by atoms with Crippen molar-refractivity contribution in [1.82, 2.24) is 0 Å². The van der Waals surface area contributed by atoms with Crippen LogP contribution in [0.3, 0.4) is 0 Å². The molecule has 0 aliphatic carbocycles. The highest BCUT2D eigenvalue weighted by Gasteiger charge is 2.23. The third kappa shape index (κ3) is 3.73. The summed E-state index contributed by atoms with van der Waals surface area (Å²) in [7, 11) is 0. The Morgan fingerprint density at radius 2 is 1.75 bits per heavy atom. The van der Waals surface area contributed by atoms with Gasteiger partial charge in [-0.15, -0.1) is 0 Å². The molecule has 0 fully saturated rings. The molecule has 0 spiro atoms. The van der Waals surface area contributed by atoms with Crippen molar-refractivity contribution in [2.45, 2.75) is 27.2 Å². The van der Waals surface area contributed by atoms with Crippen molar-refractivity contribution in [3.63, 3.8) is 0 Å². The Bertz CT molecular complexity index is 235. The predicted molar refractivity (Wildman–Crippen MR) is 43.8 cm³/mol. The monoisotopic (exact) mass is 164 g/mol. The van der Waals surface area contributed by atoms with Gasteiger partial charge in [-0.1, -0.05) is 20.8 Å². The third-order valence-electron chi connectivity index (χ3n) is 1.28. The molecule has 0 aliphatic rings. The minimum Gasteiger partial charge on any atom is -0.297 e. The zero-order valence-electron chi connectivity index (χ0n) is 7.59. The Morgan fingerprint density at radius 3 is 2.00 bits per heavy atom. The normalized spacial score (nSPS) is 10.5. The van der Waals surface area contributed by atoms with Crippen LogP contribution in [-0.4, -0.2) is 5.78 Å². The average Bonchev–Trinajstić information content (AvgIpc) is 1.85. The maximum absolute atomic E-state index is 11.2. The van der Waals surface area contributed by atoms with Crippen LogP contribution in [0.25, 0.3) is 0 Å². The van der Waals surface area contributed by atoms with Crippen LogP contribution in [0.2, 0.25) is 0 Å². The summed E-state index contributed by atoms with van der Waals surface area (Å²) in [4.78, 5) is 11.2. The molecular formula is C9H12N2O. The van der Waals surface area contributed by atoms with Crippen LogP contribution in [0, 0.1) is 34.0 Å². The van der Waals surface area contributed by atoms with E-state index in [9.17, 15) is 4.79 Å². The van der Waals surface area contributed by atoms with E-state index < -0.39 is 5.92 Å². The fraction of sp³-hybridized carbons (Fsp3) is 0.667. The predicted octanol–water partition coefficient (Wildman–Crippen LogP) is 1.66. The number of hydrogen-bond donors (Lipinski definition) is 0. The first-order chi connectivity index (χ1) is 5.40. The summed E-state index contributed by atoms with van der Waals surface area (Å²) in [6, 6.07) is 3.33. The highest BCUT2D eigenvalue weighted by Crippen LogP contribution is 2.20. The van der Waals surface area contributed by atoms with Crippen LogP contribution in [0.4, 0.5) is 0 Å². The van der Waals surface area contributed by atoms with E-state index in [-0.39, 0.29) is 17.6 Å². The number of carbonyl (C=O) groups is 1. The number of hydrogen-bond acceptors (Lipinski definition) is 3. The van der Waals surface area contributed by atoms with Crippen LogP contribution < -0.4 is 0 Å². The molecule has 64 valence electrons. The first kappa shape index (κ1) is 10.7. The zero-order chi connectivity index (χ0) is 9.78. The fourth-order valence-electron chi connectivity index (χ4n) is 0.798. The zero-order valence-corrected chi connectivity index (χ0v) is 7.59. The second-order valence-electron chi connectivity index (χ2n) is 3.89. The van der Waals surface area contributed by atoms with Gasteiger partial charge >= 0.3 is 0 Å². The molecule has 0 amide bonds. The Kier molecular flexibility index (Phi) is 3.44. The molecule has 0 rings (SSSR count). The number of nitrogens with zero attached hydrogens (tertiary/aromatic N) is 2. The second-order valence-corrected chi connectivity index (χ2v) is 3.89. The highest BCUT2D eigenvalue weighted by molar-refractivity contribution is 5.86. The minimum atomic E-state index is -1.09. The highest BCUT2D eigenvalue weighted by atomic mass is 16.1. The van der Waals surface area contributed by atoms with Crippen molar-refractivity contribution >= 4 is 5.78 Å². The lowest BCUT2D eigenvalue weighted by Gasteiger charge is -2.16. The molecule has 0 aliphatic heterocycles. The van der Waals surface area contributed by atoms with E-state index in [4.69, 9.17) is 10.5 Å². The minimum absolute atomic E-state index is 0.150. The molecule has 0 aromatic carbocycles. The third-order valence-corrected chi connectivity index (χ3v) is 1.28. The maximum atomic E-state index is 11.2. The number of carbonyl (C=O) groups excluding carboxylic acids is 1. The SMILES string of the molecule is CC(C)(C)CC(=O)C(C#N)C#N. The van der Waals surface area contributed by atoms with Crippen LogP contribution >= 0.6 is 0 Å². The lowest BCUT2D eigenvalue weighted by Crippen LogP contribution is -2.18. The molecule has 0 saturated carbocycles. The molecule has 0 unspecified atom stereocenters. The van der Waals surface area contributed by atoms with Crippen molar-refractivity contribution in [2.75, 3.05) is 0 Å². The molecule has 0 bridgehead atoms. The molecule has 0 heterocycles. The van der Waals surface area contributed by atoms with Gasteiger partial charge in [0.1, 0.15) is 0 Å². The molecule has 0 N–H and O–H groups in total. The Morgan fingerprint density at radius 1 is 1.33 bits per heavy atom. The first-order valence-corrected chi connectivity index (χ1v) is 3.72. The maximum Gasteiger partial charge on any atom is 0.191 e. The summed E-state index contributed by atoms with van der Waals surface area (Å²) >= 11 is 0. The molecular weight excluding hydrogens is 152 g/mol. The first-order valence-electron chi connectivity index (χ1n) is 3.72. The van der Waals surface area contributed by atoms with Gasteiger partial charge in [0.15, 0.2) is 11.7 Å². The molecule has 0 aromatic heterocycles. The summed E-state index contributed by atoms with van der Waals surface area (Å²) in [5.74, 6) is -1.38. The summed E-state index contributed by atoms with van der Waals surface area (Å²) in [6.07, 6.45) is 0.277. The van der Waals surface area contributed by atoms with Gasteiger partial charge in [0.2, 0.25) is 0 Å². The number of Topliss-reactive ketones (excluding diaryl/α,β-unsaturated/α-hetero) is 1. The van der Waals surface area contributed by atoms with Crippen molar-refractivity contribution in [3.05, 3.63) is 0 Å². The number of nitriles is 2. The molecule has 0 aromatic rings. The van der Waals surface area contributed by atoms with Crippen molar-refractivity contribution < 1.29 is 4.79 Å². The van der Waals surface area contributed by atoms with E-state index >= 15 is 0 Å². The Hall–Kier alpha value is -1.35. The van der Waals surface area contributed by atoms with Crippen LogP contribution in [0.15, 0.2) is 0 Å².